The van der Waals surface area contributed by atoms with E-state index in [-0.39, 0.29) is 0 Å². The molecule has 3 aromatic rings. The predicted octanol–water partition coefficient (Wildman–Crippen LogP) is 4.80. The van der Waals surface area contributed by atoms with Gasteiger partial charge >= 0.3 is 0 Å². The number of hydrogen-bond acceptors (Lipinski definition) is 1. The van der Waals surface area contributed by atoms with Crippen LogP contribution in [0.15, 0.2) is 46.9 Å². The van der Waals surface area contributed by atoms with E-state index in [1.807, 2.05) is 6.07 Å². The molecule has 1 aliphatic rings. The Morgan fingerprint density at radius 2 is 1.80 bits per heavy atom. The van der Waals surface area contributed by atoms with Crippen LogP contribution in [0.2, 0.25) is 0 Å². The van der Waals surface area contributed by atoms with E-state index in [0.29, 0.717) is 6.04 Å². The molecule has 4 rings (SSSR count). The van der Waals surface area contributed by atoms with Crippen molar-refractivity contribution in [1.82, 2.24) is 9.55 Å². The van der Waals surface area contributed by atoms with E-state index in [9.17, 15) is 0 Å². The molecule has 0 saturated heterocycles. The van der Waals surface area contributed by atoms with Gasteiger partial charge in [0.05, 0.1) is 11.0 Å². The summed E-state index contributed by atoms with van der Waals surface area (Å²) < 4.78 is 4.18. The highest BCUT2D eigenvalue weighted by Gasteiger charge is 2.24. The highest BCUT2D eigenvalue weighted by Crippen LogP contribution is 2.33. The van der Waals surface area contributed by atoms with E-state index in [0.717, 1.165) is 27.6 Å². The van der Waals surface area contributed by atoms with Gasteiger partial charge in [-0.25, -0.2) is 0 Å². The average Bonchev–Trinajstić information content (AvgIpc) is 2.97. The summed E-state index contributed by atoms with van der Waals surface area (Å²) in [6.07, 6.45) is 2.12. The van der Waals surface area contributed by atoms with Crippen molar-refractivity contribution < 1.29 is 0 Å². The fraction of sp³-hybridized carbons (Fsp3) is 0.188. The van der Waals surface area contributed by atoms with Crippen molar-refractivity contribution in [2.75, 3.05) is 0 Å². The molecule has 0 fully saturated rings. The largest absolute Gasteiger partial charge is 0.331 e. The van der Waals surface area contributed by atoms with E-state index in [1.165, 1.54) is 16.6 Å². The van der Waals surface area contributed by atoms with Gasteiger partial charge in [-0.1, -0.05) is 40.2 Å². The summed E-state index contributed by atoms with van der Waals surface area (Å²) in [5.41, 5.74) is 5.18. The fourth-order valence-electron chi connectivity index (χ4n) is 3.18. The van der Waals surface area contributed by atoms with E-state index in [1.54, 1.807) is 0 Å². The molecule has 0 saturated carbocycles. The number of benzene rings is 2. The second-order valence-electron chi connectivity index (χ2n) is 5.29. The van der Waals surface area contributed by atoms with Gasteiger partial charge < -0.3 is 9.55 Å². The summed E-state index contributed by atoms with van der Waals surface area (Å²) in [7, 11) is 0. The van der Waals surface area contributed by atoms with Gasteiger partial charge in [-0.2, -0.15) is 0 Å². The number of rotatable bonds is 1. The van der Waals surface area contributed by atoms with Crippen LogP contribution in [0, 0.1) is 4.77 Å². The van der Waals surface area contributed by atoms with Crippen LogP contribution in [0.3, 0.4) is 0 Å². The predicted molar refractivity (Wildman–Crippen MR) is 87.7 cm³/mol. The highest BCUT2D eigenvalue weighted by atomic mass is 79.9. The minimum atomic E-state index is 0.419. The number of imidazole rings is 1. The van der Waals surface area contributed by atoms with Gasteiger partial charge in [0.2, 0.25) is 0 Å². The van der Waals surface area contributed by atoms with Crippen LogP contribution >= 0.6 is 28.1 Å². The zero-order valence-corrected chi connectivity index (χ0v) is 13.2. The highest BCUT2D eigenvalue weighted by molar-refractivity contribution is 9.10. The number of nitrogens with one attached hydrogen (secondary N) is 1. The molecule has 0 atom stereocenters. The van der Waals surface area contributed by atoms with Crippen LogP contribution in [0.5, 0.6) is 0 Å². The Hall–Kier alpha value is -1.39. The summed E-state index contributed by atoms with van der Waals surface area (Å²) in [6, 6.07) is 15.4. The summed E-state index contributed by atoms with van der Waals surface area (Å²) in [5.74, 6) is 0. The van der Waals surface area contributed by atoms with Crippen LogP contribution in [-0.4, -0.2) is 9.55 Å². The number of halogens is 1. The Morgan fingerprint density at radius 3 is 2.50 bits per heavy atom. The fourth-order valence-corrected chi connectivity index (χ4v) is 3.88. The molecule has 1 N–H and O–H groups in total. The second-order valence-corrected chi connectivity index (χ2v) is 6.59. The number of aromatic nitrogens is 2. The van der Waals surface area contributed by atoms with Crippen molar-refractivity contribution in [3.05, 3.63) is 62.8 Å². The maximum Gasteiger partial charge on any atom is 0.178 e. The number of H-pyrrole nitrogens is 1. The smallest absolute Gasteiger partial charge is 0.178 e. The minimum absolute atomic E-state index is 0.419. The topological polar surface area (TPSA) is 20.7 Å². The summed E-state index contributed by atoms with van der Waals surface area (Å²) in [4.78, 5) is 3.31. The van der Waals surface area contributed by atoms with Gasteiger partial charge in [-0.05, 0) is 54.4 Å². The van der Waals surface area contributed by atoms with Gasteiger partial charge in [0, 0.05) is 10.5 Å². The lowest BCUT2D eigenvalue weighted by Gasteiger charge is -2.12. The van der Waals surface area contributed by atoms with Crippen molar-refractivity contribution in [2.24, 2.45) is 0 Å². The Kier molecular flexibility index (Phi) is 2.82. The Labute approximate surface area is 130 Å². The van der Waals surface area contributed by atoms with Gasteiger partial charge in [-0.15, -0.1) is 0 Å². The minimum Gasteiger partial charge on any atom is -0.331 e. The van der Waals surface area contributed by atoms with Gasteiger partial charge in [-0.3, -0.25) is 0 Å². The van der Waals surface area contributed by atoms with Crippen molar-refractivity contribution in [1.29, 1.82) is 0 Å². The van der Waals surface area contributed by atoms with Crippen LogP contribution < -0.4 is 0 Å². The lowest BCUT2D eigenvalue weighted by molar-refractivity contribution is 0.537. The summed E-state index contributed by atoms with van der Waals surface area (Å²) >= 11 is 9.09. The zero-order chi connectivity index (χ0) is 13.7. The van der Waals surface area contributed by atoms with E-state index >= 15 is 0 Å². The lowest BCUT2D eigenvalue weighted by Crippen LogP contribution is -2.08. The van der Waals surface area contributed by atoms with Crippen molar-refractivity contribution in [3.63, 3.8) is 0 Å². The Bertz CT molecular complexity index is 837. The van der Waals surface area contributed by atoms with Crippen LogP contribution in [-0.2, 0) is 12.8 Å². The monoisotopic (exact) mass is 344 g/mol. The first-order valence-electron chi connectivity index (χ1n) is 6.69. The molecule has 2 nitrogen and oxygen atoms in total. The maximum atomic E-state index is 5.54. The molecule has 4 heteroatoms. The molecule has 1 heterocycles. The first-order chi connectivity index (χ1) is 9.72. The molecule has 0 spiro atoms. The molecule has 0 bridgehead atoms. The molecule has 100 valence electrons. The van der Waals surface area contributed by atoms with Gasteiger partial charge in [0.15, 0.2) is 4.77 Å². The molecule has 0 aliphatic heterocycles. The lowest BCUT2D eigenvalue weighted by atomic mass is 10.1. The first-order valence-corrected chi connectivity index (χ1v) is 7.89. The summed E-state index contributed by atoms with van der Waals surface area (Å²) in [5, 5.41) is 0. The standard InChI is InChI=1S/C16H13BrN2S/c17-12-5-6-14-15(9-12)19(16(20)18-14)13-7-10-3-1-2-4-11(10)8-13/h1-6,9,13H,7-8H2,(H,18,20). The Morgan fingerprint density at radius 1 is 1.10 bits per heavy atom. The normalized spacial score (nSPS) is 14.8. The molecule has 2 aromatic carbocycles. The second kappa shape index (κ2) is 4.57. The van der Waals surface area contributed by atoms with Crippen molar-refractivity contribution in [3.8, 4) is 0 Å². The number of hydrogen-bond donors (Lipinski definition) is 1. The van der Waals surface area contributed by atoms with E-state index in [4.69, 9.17) is 12.2 Å². The van der Waals surface area contributed by atoms with E-state index in [2.05, 4.69) is 61.9 Å². The molecule has 1 aromatic heterocycles. The molecule has 1 aliphatic carbocycles. The first kappa shape index (κ1) is 12.4. The quantitative estimate of drug-likeness (QED) is 0.628. The van der Waals surface area contributed by atoms with Crippen LogP contribution in [0.25, 0.3) is 11.0 Å². The molecule has 0 unspecified atom stereocenters. The van der Waals surface area contributed by atoms with Gasteiger partial charge in [0.1, 0.15) is 0 Å². The van der Waals surface area contributed by atoms with Crippen molar-refractivity contribution >= 4 is 39.2 Å². The molecule has 0 amide bonds. The maximum absolute atomic E-state index is 5.54. The van der Waals surface area contributed by atoms with E-state index < -0.39 is 0 Å². The number of aromatic amines is 1. The zero-order valence-electron chi connectivity index (χ0n) is 10.8. The molecule has 0 radical (unpaired) electrons. The SMILES string of the molecule is S=c1[nH]c2ccc(Br)cc2n1C1Cc2ccccc2C1. The summed E-state index contributed by atoms with van der Waals surface area (Å²) in [6.45, 7) is 0. The third kappa shape index (κ3) is 1.86. The molecule has 20 heavy (non-hydrogen) atoms. The molecular formula is C16H13BrN2S. The number of fused-ring (bicyclic) bond motifs is 2. The third-order valence-electron chi connectivity index (χ3n) is 4.07. The van der Waals surface area contributed by atoms with Crippen LogP contribution in [0.1, 0.15) is 17.2 Å². The van der Waals surface area contributed by atoms with Crippen molar-refractivity contribution in [2.45, 2.75) is 18.9 Å². The van der Waals surface area contributed by atoms with Crippen LogP contribution in [0.4, 0.5) is 0 Å². The molecular weight excluding hydrogens is 332 g/mol. The number of nitrogens with zero attached hydrogens (tertiary/aromatic N) is 1. The Balaban J connectivity index is 1.86. The average molecular weight is 345 g/mol. The van der Waals surface area contributed by atoms with Gasteiger partial charge in [0.25, 0.3) is 0 Å². The third-order valence-corrected chi connectivity index (χ3v) is 4.87.